The molecule has 0 saturated heterocycles. The molecule has 1 N–H and O–H groups in total. The van der Waals surface area contributed by atoms with Crippen LogP contribution in [0, 0.1) is 17.8 Å². The lowest BCUT2D eigenvalue weighted by Gasteiger charge is -2.47. The third-order valence-corrected chi connectivity index (χ3v) is 4.69. The van der Waals surface area contributed by atoms with Crippen LogP contribution in [0.1, 0.15) is 37.2 Å². The number of carboxylic acid groups (broad SMARTS) is 1. The minimum absolute atomic E-state index is 0.148. The summed E-state index contributed by atoms with van der Waals surface area (Å²) in [5.74, 6) is 0.505. The van der Waals surface area contributed by atoms with Gasteiger partial charge in [0.2, 0.25) is 0 Å². The predicted octanol–water partition coefficient (Wildman–Crippen LogP) is 3.29. The summed E-state index contributed by atoms with van der Waals surface area (Å²) in [6, 6.07) is 10.2. The van der Waals surface area contributed by atoms with Crippen molar-refractivity contribution < 1.29 is 9.90 Å². The maximum atomic E-state index is 11.5. The van der Waals surface area contributed by atoms with Gasteiger partial charge in [-0.1, -0.05) is 30.3 Å². The molecule has 0 aliphatic heterocycles. The van der Waals surface area contributed by atoms with Crippen LogP contribution in [0.5, 0.6) is 0 Å². The van der Waals surface area contributed by atoms with E-state index in [4.69, 9.17) is 0 Å². The lowest BCUT2D eigenvalue weighted by atomic mass is 9.57. The molecule has 0 spiro atoms. The van der Waals surface area contributed by atoms with Gasteiger partial charge in [-0.3, -0.25) is 4.79 Å². The normalized spacial score (nSPS) is 35.8. The van der Waals surface area contributed by atoms with Gasteiger partial charge in [0.15, 0.2) is 0 Å². The highest BCUT2D eigenvalue weighted by atomic mass is 16.4. The molecule has 3 saturated carbocycles. The quantitative estimate of drug-likeness (QED) is 0.846. The maximum absolute atomic E-state index is 11.5. The van der Waals surface area contributed by atoms with Crippen LogP contribution in [0.15, 0.2) is 30.3 Å². The Kier molecular flexibility index (Phi) is 2.65. The molecule has 0 amide bonds. The van der Waals surface area contributed by atoms with E-state index in [0.717, 1.165) is 12.8 Å². The first-order valence-electron chi connectivity index (χ1n) is 6.55. The number of hydrogen-bond acceptors (Lipinski definition) is 1. The van der Waals surface area contributed by atoms with Crippen molar-refractivity contribution in [3.05, 3.63) is 35.9 Å². The SMILES string of the molecule is O=C(O)[C@H]1C2CCC(CC2)[C@H]1c1ccccc1. The van der Waals surface area contributed by atoms with E-state index in [1.54, 1.807) is 0 Å². The van der Waals surface area contributed by atoms with E-state index in [1.165, 1.54) is 18.4 Å². The molecule has 3 aliphatic rings. The van der Waals surface area contributed by atoms with Gasteiger partial charge in [-0.05, 0) is 43.1 Å². The molecule has 1 aromatic carbocycles. The lowest BCUT2D eigenvalue weighted by Crippen LogP contribution is -2.42. The van der Waals surface area contributed by atoms with Crippen molar-refractivity contribution in [2.24, 2.45) is 17.8 Å². The van der Waals surface area contributed by atoms with E-state index in [2.05, 4.69) is 12.1 Å². The summed E-state index contributed by atoms with van der Waals surface area (Å²) < 4.78 is 0. The van der Waals surface area contributed by atoms with Gasteiger partial charge in [0, 0.05) is 5.92 Å². The molecule has 0 aromatic heterocycles. The average molecular weight is 230 g/mol. The van der Waals surface area contributed by atoms with Crippen LogP contribution in [0.25, 0.3) is 0 Å². The summed E-state index contributed by atoms with van der Waals surface area (Å²) in [6.07, 6.45) is 4.66. The number of rotatable bonds is 2. The molecule has 2 heteroatoms. The summed E-state index contributed by atoms with van der Waals surface area (Å²) in [6.45, 7) is 0. The van der Waals surface area contributed by atoms with E-state index < -0.39 is 5.97 Å². The first kappa shape index (κ1) is 10.8. The Balaban J connectivity index is 1.98. The standard InChI is InChI=1S/C15H18O2/c16-15(17)14-12-8-6-11(7-9-12)13(14)10-4-2-1-3-5-10/h1-5,11-14H,6-9H2,(H,16,17)/t11?,12?,13-,14+/m1/s1. The summed E-state index contributed by atoms with van der Waals surface area (Å²) in [5.41, 5.74) is 1.23. The van der Waals surface area contributed by atoms with Gasteiger partial charge in [0.05, 0.1) is 5.92 Å². The third-order valence-electron chi connectivity index (χ3n) is 4.69. The van der Waals surface area contributed by atoms with Crippen LogP contribution in [-0.4, -0.2) is 11.1 Å². The van der Waals surface area contributed by atoms with Gasteiger partial charge in [0.25, 0.3) is 0 Å². The van der Waals surface area contributed by atoms with Gasteiger partial charge in [-0.15, -0.1) is 0 Å². The van der Waals surface area contributed by atoms with E-state index in [1.807, 2.05) is 18.2 Å². The number of fused-ring (bicyclic) bond motifs is 3. The van der Waals surface area contributed by atoms with E-state index >= 15 is 0 Å². The zero-order chi connectivity index (χ0) is 11.8. The highest BCUT2D eigenvalue weighted by Gasteiger charge is 2.47. The Bertz CT molecular complexity index is 404. The topological polar surface area (TPSA) is 37.3 Å². The minimum Gasteiger partial charge on any atom is -0.481 e. The fourth-order valence-electron chi connectivity index (χ4n) is 3.96. The molecule has 90 valence electrons. The fraction of sp³-hybridized carbons (Fsp3) is 0.533. The molecule has 0 radical (unpaired) electrons. The van der Waals surface area contributed by atoms with Crippen LogP contribution in [0.3, 0.4) is 0 Å². The number of hydrogen-bond donors (Lipinski definition) is 1. The molecule has 3 aliphatic carbocycles. The summed E-state index contributed by atoms with van der Waals surface area (Å²) in [5, 5.41) is 9.49. The molecule has 2 bridgehead atoms. The second-order valence-electron chi connectivity index (χ2n) is 5.48. The molecule has 0 unspecified atom stereocenters. The maximum Gasteiger partial charge on any atom is 0.307 e. The van der Waals surface area contributed by atoms with Crippen LogP contribution in [0.4, 0.5) is 0 Å². The van der Waals surface area contributed by atoms with Crippen LogP contribution in [-0.2, 0) is 4.79 Å². The van der Waals surface area contributed by atoms with Crippen LogP contribution in [0.2, 0.25) is 0 Å². The van der Waals surface area contributed by atoms with Crippen molar-refractivity contribution >= 4 is 5.97 Å². The first-order chi connectivity index (χ1) is 8.27. The number of benzene rings is 1. The van der Waals surface area contributed by atoms with E-state index in [0.29, 0.717) is 11.8 Å². The predicted molar refractivity (Wildman–Crippen MR) is 65.8 cm³/mol. The second kappa shape index (κ2) is 4.17. The van der Waals surface area contributed by atoms with Crippen molar-refractivity contribution in [1.82, 2.24) is 0 Å². The highest BCUT2D eigenvalue weighted by Crippen LogP contribution is 2.53. The Morgan fingerprint density at radius 2 is 1.59 bits per heavy atom. The Hall–Kier alpha value is -1.31. The molecule has 0 heterocycles. The van der Waals surface area contributed by atoms with Crippen molar-refractivity contribution in [1.29, 1.82) is 0 Å². The zero-order valence-corrected chi connectivity index (χ0v) is 9.88. The Labute approximate surface area is 102 Å². The third kappa shape index (κ3) is 1.76. The van der Waals surface area contributed by atoms with E-state index in [-0.39, 0.29) is 11.8 Å². The number of carboxylic acids is 1. The summed E-state index contributed by atoms with van der Waals surface area (Å²) >= 11 is 0. The van der Waals surface area contributed by atoms with Crippen LogP contribution < -0.4 is 0 Å². The lowest BCUT2D eigenvalue weighted by molar-refractivity contribution is -0.149. The second-order valence-corrected chi connectivity index (χ2v) is 5.48. The molecule has 4 rings (SSSR count). The molecule has 17 heavy (non-hydrogen) atoms. The highest BCUT2D eigenvalue weighted by molar-refractivity contribution is 5.72. The van der Waals surface area contributed by atoms with Gasteiger partial charge in [-0.2, -0.15) is 0 Å². The molecule has 2 nitrogen and oxygen atoms in total. The van der Waals surface area contributed by atoms with Crippen LogP contribution >= 0.6 is 0 Å². The monoisotopic (exact) mass is 230 g/mol. The Morgan fingerprint density at radius 1 is 1.00 bits per heavy atom. The van der Waals surface area contributed by atoms with Crippen molar-refractivity contribution in [3.8, 4) is 0 Å². The van der Waals surface area contributed by atoms with Gasteiger partial charge in [-0.25, -0.2) is 0 Å². The average Bonchev–Trinajstić information content (AvgIpc) is 2.40. The smallest absolute Gasteiger partial charge is 0.307 e. The van der Waals surface area contributed by atoms with Crippen molar-refractivity contribution in [2.75, 3.05) is 0 Å². The molecule has 3 fully saturated rings. The molecular formula is C15H18O2. The van der Waals surface area contributed by atoms with Crippen molar-refractivity contribution in [3.63, 3.8) is 0 Å². The molecule has 2 atom stereocenters. The number of aliphatic carboxylic acids is 1. The molecular weight excluding hydrogens is 212 g/mol. The minimum atomic E-state index is -0.590. The molecule has 1 aromatic rings. The zero-order valence-electron chi connectivity index (χ0n) is 9.88. The largest absolute Gasteiger partial charge is 0.481 e. The van der Waals surface area contributed by atoms with Crippen molar-refractivity contribution in [2.45, 2.75) is 31.6 Å². The fourth-order valence-corrected chi connectivity index (χ4v) is 3.96. The van der Waals surface area contributed by atoms with Gasteiger partial charge >= 0.3 is 5.97 Å². The summed E-state index contributed by atoms with van der Waals surface area (Å²) in [4.78, 5) is 11.5. The first-order valence-corrected chi connectivity index (χ1v) is 6.55. The Morgan fingerprint density at radius 3 is 2.18 bits per heavy atom. The number of carbonyl (C=O) groups is 1. The van der Waals surface area contributed by atoms with E-state index in [9.17, 15) is 9.90 Å². The van der Waals surface area contributed by atoms with Gasteiger partial charge in [0.1, 0.15) is 0 Å². The van der Waals surface area contributed by atoms with Gasteiger partial charge < -0.3 is 5.11 Å². The summed E-state index contributed by atoms with van der Waals surface area (Å²) in [7, 11) is 0.